The second-order valence-corrected chi connectivity index (χ2v) is 5.50. The summed E-state index contributed by atoms with van der Waals surface area (Å²) in [4.78, 5) is 4.81. The molecule has 24 heavy (non-hydrogen) atoms. The number of ether oxygens (including phenoxy) is 1. The summed E-state index contributed by atoms with van der Waals surface area (Å²) in [6.07, 6.45) is 1.87. The van der Waals surface area contributed by atoms with E-state index in [1.54, 1.807) is 7.11 Å². The molecule has 0 aromatic heterocycles. The van der Waals surface area contributed by atoms with Crippen LogP contribution in [0.25, 0.3) is 0 Å². The molecule has 0 fully saturated rings. The number of nitrogens with two attached hydrogens (primary N) is 1. The summed E-state index contributed by atoms with van der Waals surface area (Å²) in [5.41, 5.74) is 10.0. The van der Waals surface area contributed by atoms with Crippen molar-refractivity contribution in [1.29, 1.82) is 0 Å². The number of para-hydroxylation sites is 1. The van der Waals surface area contributed by atoms with Crippen LogP contribution >= 0.6 is 0 Å². The summed E-state index contributed by atoms with van der Waals surface area (Å²) in [6, 6.07) is 25.7. The molecule has 3 rings (SSSR count). The fourth-order valence-corrected chi connectivity index (χ4v) is 2.62. The number of aliphatic imine (C=N–C) groups is 1. The molecule has 0 spiro atoms. The molecule has 3 nitrogen and oxygen atoms in total. The second kappa shape index (κ2) is 7.47. The average Bonchev–Trinajstić information content (AvgIpc) is 2.64. The lowest BCUT2D eigenvalue weighted by Crippen LogP contribution is -2.03. The van der Waals surface area contributed by atoms with Crippen molar-refractivity contribution in [3.8, 4) is 5.75 Å². The molecule has 0 saturated heterocycles. The van der Waals surface area contributed by atoms with Crippen molar-refractivity contribution >= 4 is 11.9 Å². The molecule has 3 aromatic rings. The molecule has 3 heteroatoms. The molecule has 1 unspecified atom stereocenters. The van der Waals surface area contributed by atoms with Gasteiger partial charge >= 0.3 is 0 Å². The Balaban J connectivity index is 1.99. The van der Waals surface area contributed by atoms with Crippen molar-refractivity contribution in [2.45, 2.75) is 6.04 Å². The number of hydrogen-bond acceptors (Lipinski definition) is 3. The number of nitrogen functional groups attached to an aromatic ring is 1. The van der Waals surface area contributed by atoms with E-state index in [-0.39, 0.29) is 6.04 Å². The van der Waals surface area contributed by atoms with Crippen molar-refractivity contribution in [3.05, 3.63) is 95.6 Å². The summed E-state index contributed by atoms with van der Waals surface area (Å²) in [5.74, 6) is 0.814. The van der Waals surface area contributed by atoms with E-state index >= 15 is 0 Å². The van der Waals surface area contributed by atoms with Gasteiger partial charge in [0.2, 0.25) is 0 Å². The van der Waals surface area contributed by atoms with E-state index in [1.807, 2.05) is 72.9 Å². The summed E-state index contributed by atoms with van der Waals surface area (Å²) in [5, 5.41) is 0. The van der Waals surface area contributed by atoms with Gasteiger partial charge < -0.3 is 10.5 Å². The lowest BCUT2D eigenvalue weighted by molar-refractivity contribution is 0.415. The predicted octanol–water partition coefficient (Wildman–Crippen LogP) is 4.49. The van der Waals surface area contributed by atoms with Crippen LogP contribution < -0.4 is 10.5 Å². The third kappa shape index (κ3) is 3.63. The van der Waals surface area contributed by atoms with Gasteiger partial charge in [0, 0.05) is 17.5 Å². The largest absolute Gasteiger partial charge is 0.497 e. The Hall–Kier alpha value is -3.07. The summed E-state index contributed by atoms with van der Waals surface area (Å²) >= 11 is 0. The molecule has 120 valence electrons. The van der Waals surface area contributed by atoms with Crippen LogP contribution in [0.3, 0.4) is 0 Å². The highest BCUT2D eigenvalue weighted by Crippen LogP contribution is 2.30. The third-order valence-electron chi connectivity index (χ3n) is 3.87. The number of benzene rings is 3. The van der Waals surface area contributed by atoms with Gasteiger partial charge in [-0.2, -0.15) is 0 Å². The minimum absolute atomic E-state index is 0.140. The number of rotatable bonds is 5. The Labute approximate surface area is 142 Å². The van der Waals surface area contributed by atoms with E-state index < -0.39 is 0 Å². The number of hydrogen-bond donors (Lipinski definition) is 1. The molecule has 2 N–H and O–H groups in total. The van der Waals surface area contributed by atoms with Crippen LogP contribution in [-0.4, -0.2) is 13.3 Å². The number of nitrogens with zero attached hydrogens (tertiary/aromatic N) is 1. The van der Waals surface area contributed by atoms with Crippen LogP contribution in [0.5, 0.6) is 5.75 Å². The molecule has 0 amide bonds. The molecule has 0 aliphatic carbocycles. The molecule has 0 aliphatic rings. The highest BCUT2D eigenvalue weighted by molar-refractivity contribution is 5.80. The standard InChI is InChI=1S/C21H20N2O/c1-24-18-11-7-8-16(14-18)15-23-21(17-9-3-2-4-10-17)19-12-5-6-13-20(19)22/h2-15,21H,22H2,1H3. The van der Waals surface area contributed by atoms with E-state index in [0.29, 0.717) is 0 Å². The zero-order valence-corrected chi connectivity index (χ0v) is 13.6. The highest BCUT2D eigenvalue weighted by Gasteiger charge is 2.14. The zero-order chi connectivity index (χ0) is 16.8. The van der Waals surface area contributed by atoms with Crippen molar-refractivity contribution in [1.82, 2.24) is 0 Å². The molecular formula is C21H20N2O. The van der Waals surface area contributed by atoms with E-state index in [0.717, 1.165) is 28.1 Å². The van der Waals surface area contributed by atoms with Gasteiger partial charge in [0.15, 0.2) is 0 Å². The topological polar surface area (TPSA) is 47.6 Å². The summed E-state index contributed by atoms with van der Waals surface area (Å²) < 4.78 is 5.27. The van der Waals surface area contributed by atoms with Gasteiger partial charge in [0.1, 0.15) is 11.8 Å². The maximum absolute atomic E-state index is 6.18. The van der Waals surface area contributed by atoms with E-state index in [2.05, 4.69) is 12.1 Å². The predicted molar refractivity (Wildman–Crippen MR) is 99.7 cm³/mol. The molecule has 0 aliphatic heterocycles. The van der Waals surface area contributed by atoms with Gasteiger partial charge in [-0.1, -0.05) is 60.7 Å². The molecule has 0 bridgehead atoms. The molecule has 0 heterocycles. The minimum Gasteiger partial charge on any atom is -0.497 e. The fraction of sp³-hybridized carbons (Fsp3) is 0.0952. The quantitative estimate of drug-likeness (QED) is 0.557. The molecule has 1 atom stereocenters. The number of methoxy groups -OCH3 is 1. The molecular weight excluding hydrogens is 296 g/mol. The Morgan fingerprint density at radius 3 is 2.42 bits per heavy atom. The first-order valence-electron chi connectivity index (χ1n) is 7.84. The zero-order valence-electron chi connectivity index (χ0n) is 13.6. The Kier molecular flexibility index (Phi) is 4.92. The number of anilines is 1. The third-order valence-corrected chi connectivity index (χ3v) is 3.87. The Bertz CT molecular complexity index is 828. The summed E-state index contributed by atoms with van der Waals surface area (Å²) in [7, 11) is 1.66. The Morgan fingerprint density at radius 1 is 0.917 bits per heavy atom. The Morgan fingerprint density at radius 2 is 1.67 bits per heavy atom. The van der Waals surface area contributed by atoms with Crippen LogP contribution in [0.2, 0.25) is 0 Å². The SMILES string of the molecule is COc1cccc(C=NC(c2ccccc2)c2ccccc2N)c1. The van der Waals surface area contributed by atoms with Gasteiger partial charge in [-0.05, 0) is 29.3 Å². The molecule has 0 radical (unpaired) electrons. The maximum atomic E-state index is 6.18. The normalized spacial score (nSPS) is 12.2. The van der Waals surface area contributed by atoms with Crippen LogP contribution in [0, 0.1) is 0 Å². The van der Waals surface area contributed by atoms with Gasteiger partial charge in [-0.3, -0.25) is 4.99 Å². The first-order chi connectivity index (χ1) is 11.8. The molecule has 0 saturated carbocycles. The summed E-state index contributed by atoms with van der Waals surface area (Å²) in [6.45, 7) is 0. The van der Waals surface area contributed by atoms with Gasteiger partial charge in [0.05, 0.1) is 7.11 Å². The lowest BCUT2D eigenvalue weighted by Gasteiger charge is -2.15. The molecule has 3 aromatic carbocycles. The van der Waals surface area contributed by atoms with Crippen molar-refractivity contribution in [2.24, 2.45) is 4.99 Å². The first kappa shape index (κ1) is 15.8. The average molecular weight is 316 g/mol. The van der Waals surface area contributed by atoms with Crippen molar-refractivity contribution in [2.75, 3.05) is 12.8 Å². The van der Waals surface area contributed by atoms with E-state index in [4.69, 9.17) is 15.5 Å². The monoisotopic (exact) mass is 316 g/mol. The second-order valence-electron chi connectivity index (χ2n) is 5.50. The van der Waals surface area contributed by atoms with Crippen LogP contribution in [0.1, 0.15) is 22.7 Å². The van der Waals surface area contributed by atoms with Crippen LogP contribution in [0.15, 0.2) is 83.9 Å². The fourth-order valence-electron chi connectivity index (χ4n) is 2.62. The van der Waals surface area contributed by atoms with Gasteiger partial charge in [-0.15, -0.1) is 0 Å². The minimum atomic E-state index is -0.140. The lowest BCUT2D eigenvalue weighted by atomic mass is 9.98. The van der Waals surface area contributed by atoms with E-state index in [9.17, 15) is 0 Å². The smallest absolute Gasteiger partial charge is 0.119 e. The van der Waals surface area contributed by atoms with Crippen LogP contribution in [0.4, 0.5) is 5.69 Å². The van der Waals surface area contributed by atoms with Gasteiger partial charge in [-0.25, -0.2) is 0 Å². The highest BCUT2D eigenvalue weighted by atomic mass is 16.5. The maximum Gasteiger partial charge on any atom is 0.119 e. The van der Waals surface area contributed by atoms with Crippen molar-refractivity contribution in [3.63, 3.8) is 0 Å². The van der Waals surface area contributed by atoms with Crippen LogP contribution in [-0.2, 0) is 0 Å². The van der Waals surface area contributed by atoms with Crippen molar-refractivity contribution < 1.29 is 4.74 Å². The first-order valence-corrected chi connectivity index (χ1v) is 7.84. The van der Waals surface area contributed by atoms with Gasteiger partial charge in [0.25, 0.3) is 0 Å². The van der Waals surface area contributed by atoms with E-state index in [1.165, 1.54) is 0 Å².